The maximum Gasteiger partial charge on any atom is 0.0908 e. The molecule has 2 atom stereocenters. The van der Waals surface area contributed by atoms with Gasteiger partial charge in [-0.25, -0.2) is 0 Å². The van der Waals surface area contributed by atoms with Gasteiger partial charge in [0.2, 0.25) is 0 Å². The molecule has 0 aliphatic carbocycles. The molecule has 1 saturated heterocycles. The molecule has 0 amide bonds. The van der Waals surface area contributed by atoms with Crippen molar-refractivity contribution in [2.45, 2.75) is 38.5 Å². The molecule has 1 rings (SSSR count). The Kier molecular flexibility index (Phi) is 2.52. The lowest BCUT2D eigenvalue weighted by Gasteiger charge is -2.27. The van der Waals surface area contributed by atoms with Gasteiger partial charge in [0.25, 0.3) is 0 Å². The van der Waals surface area contributed by atoms with Gasteiger partial charge in [-0.2, -0.15) is 0 Å². The van der Waals surface area contributed by atoms with Crippen molar-refractivity contribution in [1.29, 1.82) is 0 Å². The summed E-state index contributed by atoms with van der Waals surface area (Å²) < 4.78 is 0. The highest BCUT2D eigenvalue weighted by atomic mass is 16.3. The van der Waals surface area contributed by atoms with Crippen LogP contribution in [-0.4, -0.2) is 35.9 Å². The number of rotatable bonds is 2. The molecule has 1 fully saturated rings. The second-order valence-electron chi connectivity index (χ2n) is 3.86. The maximum absolute atomic E-state index is 9.78. The van der Waals surface area contributed by atoms with Gasteiger partial charge >= 0.3 is 0 Å². The fourth-order valence-corrected chi connectivity index (χ4v) is 1.45. The van der Waals surface area contributed by atoms with Crippen molar-refractivity contribution in [2.24, 2.45) is 0 Å². The Bertz CT molecular complexity index is 134. The predicted octanol–water partition coefficient (Wildman–Crippen LogP) is -0.293. The first-order chi connectivity index (χ1) is 5.02. The molecule has 3 nitrogen and oxygen atoms in total. The molecule has 0 radical (unpaired) electrons. The van der Waals surface area contributed by atoms with E-state index in [1.807, 2.05) is 6.92 Å². The lowest BCUT2D eigenvalue weighted by atomic mass is 10.0. The van der Waals surface area contributed by atoms with Gasteiger partial charge in [0.05, 0.1) is 5.60 Å². The summed E-state index contributed by atoms with van der Waals surface area (Å²) >= 11 is 0. The zero-order chi connectivity index (χ0) is 8.48. The van der Waals surface area contributed by atoms with Gasteiger partial charge in [0, 0.05) is 25.2 Å². The Labute approximate surface area is 68.2 Å². The fourth-order valence-electron chi connectivity index (χ4n) is 1.45. The summed E-state index contributed by atoms with van der Waals surface area (Å²) in [5.41, 5.74) is -0.579. The molecule has 66 valence electrons. The Balaban J connectivity index is 2.45. The highest BCUT2D eigenvalue weighted by molar-refractivity contribution is 4.97. The highest BCUT2D eigenvalue weighted by Gasteiger charge is 2.36. The third-order valence-electron chi connectivity index (χ3n) is 2.12. The molecule has 0 aromatic carbocycles. The van der Waals surface area contributed by atoms with Gasteiger partial charge < -0.3 is 15.7 Å². The molecule has 11 heavy (non-hydrogen) atoms. The van der Waals surface area contributed by atoms with Crippen molar-refractivity contribution in [3.63, 3.8) is 0 Å². The third kappa shape index (κ3) is 2.15. The number of nitrogens with one attached hydrogen (secondary N) is 2. The summed E-state index contributed by atoms with van der Waals surface area (Å²) in [6.07, 6.45) is 0. The van der Waals surface area contributed by atoms with Gasteiger partial charge in [-0.15, -0.1) is 0 Å². The van der Waals surface area contributed by atoms with Crippen LogP contribution in [0.5, 0.6) is 0 Å². The Morgan fingerprint density at radius 1 is 1.64 bits per heavy atom. The minimum absolute atomic E-state index is 0.197. The van der Waals surface area contributed by atoms with E-state index in [-0.39, 0.29) is 6.04 Å². The molecule has 2 unspecified atom stereocenters. The van der Waals surface area contributed by atoms with Crippen LogP contribution in [0.2, 0.25) is 0 Å². The van der Waals surface area contributed by atoms with Gasteiger partial charge in [-0.05, 0) is 6.92 Å². The normalized spacial score (nSPS) is 38.5. The van der Waals surface area contributed by atoms with Crippen molar-refractivity contribution in [1.82, 2.24) is 10.6 Å². The fraction of sp³-hybridized carbons (Fsp3) is 1.00. The van der Waals surface area contributed by atoms with E-state index in [9.17, 15) is 5.11 Å². The highest BCUT2D eigenvalue weighted by Crippen LogP contribution is 2.13. The van der Waals surface area contributed by atoms with Gasteiger partial charge in [0.1, 0.15) is 0 Å². The van der Waals surface area contributed by atoms with Crippen LogP contribution in [0.1, 0.15) is 20.8 Å². The molecule has 0 bridgehead atoms. The molecule has 0 aromatic rings. The molecule has 0 spiro atoms. The summed E-state index contributed by atoms with van der Waals surface area (Å²) in [6.45, 7) is 7.61. The summed E-state index contributed by atoms with van der Waals surface area (Å²) in [6, 6.07) is 0.633. The van der Waals surface area contributed by atoms with E-state index in [4.69, 9.17) is 0 Å². The number of β-amino-alcohol motifs (C(OH)–C–C–N with tert-alkyl or cyclic N) is 1. The van der Waals surface area contributed by atoms with E-state index >= 15 is 0 Å². The molecular formula is C8H18N2O. The van der Waals surface area contributed by atoms with Crippen molar-refractivity contribution < 1.29 is 5.11 Å². The molecule has 1 aliphatic heterocycles. The van der Waals surface area contributed by atoms with Crippen molar-refractivity contribution >= 4 is 0 Å². The average Bonchev–Trinajstić information content (AvgIpc) is 2.10. The minimum Gasteiger partial charge on any atom is -0.387 e. The molecule has 3 heteroatoms. The van der Waals surface area contributed by atoms with Crippen LogP contribution in [0.4, 0.5) is 0 Å². The summed E-state index contributed by atoms with van der Waals surface area (Å²) in [5, 5.41) is 16.3. The first-order valence-corrected chi connectivity index (χ1v) is 4.21. The zero-order valence-corrected chi connectivity index (χ0v) is 7.52. The third-order valence-corrected chi connectivity index (χ3v) is 2.12. The standard InChI is InChI=1S/C8H18N2O/c1-6(2)10-7-4-9-5-8(7,3)11/h6-7,9-11H,4-5H2,1-3H3. The topological polar surface area (TPSA) is 44.3 Å². The smallest absolute Gasteiger partial charge is 0.0908 e. The van der Waals surface area contributed by atoms with Crippen LogP contribution in [0.15, 0.2) is 0 Å². The molecule has 1 aliphatic rings. The zero-order valence-electron chi connectivity index (χ0n) is 7.52. The lowest BCUT2D eigenvalue weighted by molar-refractivity contribution is 0.0508. The van der Waals surface area contributed by atoms with Crippen LogP contribution < -0.4 is 10.6 Å². The Morgan fingerprint density at radius 2 is 2.27 bits per heavy atom. The largest absolute Gasteiger partial charge is 0.387 e. The number of aliphatic hydroxyl groups is 1. The second kappa shape index (κ2) is 3.09. The van der Waals surface area contributed by atoms with Crippen LogP contribution in [-0.2, 0) is 0 Å². The first-order valence-electron chi connectivity index (χ1n) is 4.21. The quantitative estimate of drug-likeness (QED) is 0.517. The van der Waals surface area contributed by atoms with E-state index in [0.717, 1.165) is 6.54 Å². The van der Waals surface area contributed by atoms with Crippen molar-refractivity contribution in [3.05, 3.63) is 0 Å². The lowest BCUT2D eigenvalue weighted by Crippen LogP contribution is -2.50. The second-order valence-corrected chi connectivity index (χ2v) is 3.86. The van der Waals surface area contributed by atoms with E-state index in [1.165, 1.54) is 0 Å². The Morgan fingerprint density at radius 3 is 2.64 bits per heavy atom. The van der Waals surface area contributed by atoms with E-state index in [0.29, 0.717) is 12.6 Å². The molecular weight excluding hydrogens is 140 g/mol. The van der Waals surface area contributed by atoms with Gasteiger partial charge in [-0.3, -0.25) is 0 Å². The predicted molar refractivity (Wildman–Crippen MR) is 45.6 cm³/mol. The van der Waals surface area contributed by atoms with Crippen LogP contribution in [0.25, 0.3) is 0 Å². The number of hydrogen-bond donors (Lipinski definition) is 3. The molecule has 0 saturated carbocycles. The van der Waals surface area contributed by atoms with Crippen LogP contribution >= 0.6 is 0 Å². The summed E-state index contributed by atoms with van der Waals surface area (Å²) in [7, 11) is 0. The molecule has 1 heterocycles. The number of hydrogen-bond acceptors (Lipinski definition) is 3. The molecule has 0 aromatic heterocycles. The minimum atomic E-state index is -0.579. The van der Waals surface area contributed by atoms with Crippen molar-refractivity contribution in [2.75, 3.05) is 13.1 Å². The first kappa shape index (κ1) is 8.97. The Hall–Kier alpha value is -0.120. The van der Waals surface area contributed by atoms with Crippen LogP contribution in [0.3, 0.4) is 0 Å². The average molecular weight is 158 g/mol. The van der Waals surface area contributed by atoms with E-state index in [1.54, 1.807) is 0 Å². The van der Waals surface area contributed by atoms with Gasteiger partial charge in [-0.1, -0.05) is 13.8 Å². The summed E-state index contributed by atoms with van der Waals surface area (Å²) in [4.78, 5) is 0. The SMILES string of the molecule is CC(C)NC1CNCC1(C)O. The maximum atomic E-state index is 9.78. The van der Waals surface area contributed by atoms with Crippen molar-refractivity contribution in [3.8, 4) is 0 Å². The summed E-state index contributed by atoms with van der Waals surface area (Å²) in [5.74, 6) is 0. The molecule has 3 N–H and O–H groups in total. The van der Waals surface area contributed by atoms with Gasteiger partial charge in [0.15, 0.2) is 0 Å². The van der Waals surface area contributed by atoms with Crippen LogP contribution in [0, 0.1) is 0 Å². The van der Waals surface area contributed by atoms with E-state index < -0.39 is 5.60 Å². The van der Waals surface area contributed by atoms with E-state index in [2.05, 4.69) is 24.5 Å². The monoisotopic (exact) mass is 158 g/mol.